The summed E-state index contributed by atoms with van der Waals surface area (Å²) in [6.45, 7) is 3.60. The Balaban J connectivity index is 1.68. The number of thiophene rings is 1. The van der Waals surface area contributed by atoms with Crippen LogP contribution in [0.5, 0.6) is 0 Å². The number of aromatic nitrogens is 1. The number of hydrogen-bond acceptors (Lipinski definition) is 5. The predicted molar refractivity (Wildman–Crippen MR) is 127 cm³/mol. The van der Waals surface area contributed by atoms with Crippen molar-refractivity contribution >= 4 is 45.2 Å². The number of nitrogens with zero attached hydrogens (tertiary/aromatic N) is 2. The molecule has 0 fully saturated rings. The second-order valence-electron chi connectivity index (χ2n) is 8.21. The van der Waals surface area contributed by atoms with Gasteiger partial charge in [0.1, 0.15) is 16.6 Å². The average molecular weight is 448 g/mol. The van der Waals surface area contributed by atoms with E-state index >= 15 is 0 Å². The molecule has 1 aliphatic rings. The van der Waals surface area contributed by atoms with Gasteiger partial charge in [0.05, 0.1) is 11.7 Å². The summed E-state index contributed by atoms with van der Waals surface area (Å²) in [5.74, 6) is -0.955. The highest BCUT2D eigenvalue weighted by Gasteiger charge is 2.28. The number of carbonyl (C=O) groups is 2. The lowest BCUT2D eigenvalue weighted by Gasteiger charge is -2.14. The molecule has 0 aliphatic heterocycles. The topological polar surface area (TPSA) is 84.1 Å². The van der Waals surface area contributed by atoms with Gasteiger partial charge >= 0.3 is 5.97 Å². The second kappa shape index (κ2) is 9.01. The minimum atomic E-state index is -0.530. The minimum absolute atomic E-state index is 0.0177. The molecule has 0 atom stereocenters. The number of nitrogens with one attached hydrogen (secondary N) is 1. The van der Waals surface area contributed by atoms with E-state index in [9.17, 15) is 14.9 Å². The molecular weight excluding hydrogens is 422 g/mol. The van der Waals surface area contributed by atoms with E-state index < -0.39 is 11.9 Å². The summed E-state index contributed by atoms with van der Waals surface area (Å²) in [4.78, 5) is 27.0. The van der Waals surface area contributed by atoms with Crippen LogP contribution in [0.25, 0.3) is 17.0 Å². The van der Waals surface area contributed by atoms with Crippen molar-refractivity contribution in [1.29, 1.82) is 5.26 Å². The van der Waals surface area contributed by atoms with Crippen molar-refractivity contribution in [1.82, 2.24) is 4.57 Å². The number of amides is 1. The maximum Gasteiger partial charge on any atom is 0.341 e. The molecule has 0 saturated carbocycles. The summed E-state index contributed by atoms with van der Waals surface area (Å²) >= 11 is 1.41. The predicted octanol–water partition coefficient (Wildman–Crippen LogP) is 5.23. The van der Waals surface area contributed by atoms with E-state index in [2.05, 4.69) is 5.32 Å². The molecule has 7 heteroatoms. The summed E-state index contributed by atoms with van der Waals surface area (Å²) < 4.78 is 7.41. The SMILES string of the molecule is CC(C)OC(=O)c1c(NC(=O)/C(C#N)=C/c2cn(C)c3ccccc23)sc2c1CCCC2. The van der Waals surface area contributed by atoms with Gasteiger partial charge in [0.2, 0.25) is 0 Å². The number of esters is 1. The molecule has 0 radical (unpaired) electrons. The third-order valence-electron chi connectivity index (χ3n) is 5.54. The molecular formula is C25H25N3O3S. The van der Waals surface area contributed by atoms with E-state index in [4.69, 9.17) is 4.74 Å². The smallest absolute Gasteiger partial charge is 0.341 e. The number of hydrogen-bond donors (Lipinski definition) is 1. The fourth-order valence-corrected chi connectivity index (χ4v) is 5.38. The number of carbonyl (C=O) groups excluding carboxylic acids is 2. The Labute approximate surface area is 191 Å². The number of anilines is 1. The summed E-state index contributed by atoms with van der Waals surface area (Å²) in [6, 6.07) is 9.84. The standard InChI is InChI=1S/C25H25N3O3S/c1-15(2)31-25(30)22-19-9-5-7-11-21(19)32-24(22)27-23(29)16(13-26)12-17-14-28(3)20-10-6-4-8-18(17)20/h4,6,8,10,12,14-15H,5,7,9,11H2,1-3H3,(H,27,29)/b16-12+. The molecule has 6 nitrogen and oxygen atoms in total. The molecule has 32 heavy (non-hydrogen) atoms. The van der Waals surface area contributed by atoms with Gasteiger partial charge in [0, 0.05) is 34.6 Å². The van der Waals surface area contributed by atoms with Crippen LogP contribution in [0.3, 0.4) is 0 Å². The fraction of sp³-hybridized carbons (Fsp3) is 0.320. The molecule has 3 aromatic rings. The van der Waals surface area contributed by atoms with Crippen molar-refractivity contribution in [2.75, 3.05) is 5.32 Å². The Morgan fingerprint density at radius 2 is 2.00 bits per heavy atom. The van der Waals surface area contributed by atoms with Crippen LogP contribution in [0.4, 0.5) is 5.00 Å². The monoisotopic (exact) mass is 447 g/mol. The first-order valence-electron chi connectivity index (χ1n) is 10.7. The van der Waals surface area contributed by atoms with E-state index in [1.54, 1.807) is 19.9 Å². The summed E-state index contributed by atoms with van der Waals surface area (Å²) in [5.41, 5.74) is 3.20. The van der Waals surface area contributed by atoms with Gasteiger partial charge in [-0.05, 0) is 57.2 Å². The molecule has 0 unspecified atom stereocenters. The zero-order valence-electron chi connectivity index (χ0n) is 18.4. The van der Waals surface area contributed by atoms with Crippen molar-refractivity contribution in [3.63, 3.8) is 0 Å². The number of para-hydroxylation sites is 1. The maximum atomic E-state index is 13.0. The zero-order valence-corrected chi connectivity index (χ0v) is 19.2. The number of aryl methyl sites for hydroxylation is 2. The van der Waals surface area contributed by atoms with Crippen LogP contribution in [-0.2, 0) is 29.4 Å². The molecule has 0 saturated heterocycles. The molecule has 164 valence electrons. The zero-order chi connectivity index (χ0) is 22.8. The van der Waals surface area contributed by atoms with Gasteiger partial charge < -0.3 is 14.6 Å². The molecule has 1 aliphatic carbocycles. The Bertz CT molecular complexity index is 1270. The van der Waals surface area contributed by atoms with Crippen LogP contribution in [0, 0.1) is 11.3 Å². The lowest BCUT2D eigenvalue weighted by Crippen LogP contribution is -2.18. The first kappa shape index (κ1) is 21.8. The number of nitriles is 1. The van der Waals surface area contributed by atoms with Crippen molar-refractivity contribution in [2.24, 2.45) is 7.05 Å². The third kappa shape index (κ3) is 4.19. The summed E-state index contributed by atoms with van der Waals surface area (Å²) in [5, 5.41) is 14.0. The lowest BCUT2D eigenvalue weighted by molar-refractivity contribution is -0.112. The molecule has 4 rings (SSSR count). The second-order valence-corrected chi connectivity index (χ2v) is 9.31. The van der Waals surface area contributed by atoms with Crippen LogP contribution in [0.15, 0.2) is 36.0 Å². The van der Waals surface area contributed by atoms with Crippen LogP contribution >= 0.6 is 11.3 Å². The van der Waals surface area contributed by atoms with Crippen LogP contribution in [0.1, 0.15) is 53.1 Å². The van der Waals surface area contributed by atoms with Crippen molar-refractivity contribution < 1.29 is 14.3 Å². The first-order valence-corrected chi connectivity index (χ1v) is 11.5. The van der Waals surface area contributed by atoms with Crippen LogP contribution < -0.4 is 5.32 Å². The van der Waals surface area contributed by atoms with Crippen LogP contribution in [0.2, 0.25) is 0 Å². The quantitative estimate of drug-likeness (QED) is 0.330. The van der Waals surface area contributed by atoms with Gasteiger partial charge in [-0.15, -0.1) is 11.3 Å². The summed E-state index contributed by atoms with van der Waals surface area (Å²) in [6.07, 6.45) is 6.97. The van der Waals surface area contributed by atoms with Gasteiger partial charge in [-0.2, -0.15) is 5.26 Å². The number of fused-ring (bicyclic) bond motifs is 2. The van der Waals surface area contributed by atoms with E-state index in [1.165, 1.54) is 11.3 Å². The third-order valence-corrected chi connectivity index (χ3v) is 6.75. The van der Waals surface area contributed by atoms with Gasteiger partial charge in [0.15, 0.2) is 0 Å². The number of rotatable bonds is 5. The van der Waals surface area contributed by atoms with Gasteiger partial charge in [0.25, 0.3) is 5.91 Å². The van der Waals surface area contributed by atoms with Crippen molar-refractivity contribution in [3.05, 3.63) is 57.6 Å². The highest BCUT2D eigenvalue weighted by molar-refractivity contribution is 7.17. The van der Waals surface area contributed by atoms with E-state index in [1.807, 2.05) is 48.1 Å². The Hall–Kier alpha value is -3.37. The molecule has 2 heterocycles. The van der Waals surface area contributed by atoms with Gasteiger partial charge in [-0.1, -0.05) is 18.2 Å². The molecule has 0 spiro atoms. The maximum absolute atomic E-state index is 13.0. The number of benzene rings is 1. The van der Waals surface area contributed by atoms with Crippen LogP contribution in [-0.4, -0.2) is 22.5 Å². The molecule has 1 N–H and O–H groups in total. The molecule has 0 bridgehead atoms. The first-order chi connectivity index (χ1) is 15.4. The van der Waals surface area contributed by atoms with Crippen molar-refractivity contribution in [2.45, 2.75) is 45.6 Å². The van der Waals surface area contributed by atoms with Crippen molar-refractivity contribution in [3.8, 4) is 6.07 Å². The van der Waals surface area contributed by atoms with E-state index in [-0.39, 0.29) is 11.7 Å². The van der Waals surface area contributed by atoms with Gasteiger partial charge in [-0.3, -0.25) is 4.79 Å². The Morgan fingerprint density at radius 1 is 1.25 bits per heavy atom. The van der Waals surface area contributed by atoms with E-state index in [0.29, 0.717) is 10.6 Å². The Morgan fingerprint density at radius 3 is 2.75 bits per heavy atom. The largest absolute Gasteiger partial charge is 0.459 e. The number of ether oxygens (including phenoxy) is 1. The van der Waals surface area contributed by atoms with E-state index in [0.717, 1.165) is 52.6 Å². The highest BCUT2D eigenvalue weighted by atomic mass is 32.1. The highest BCUT2D eigenvalue weighted by Crippen LogP contribution is 2.39. The normalized spacial score (nSPS) is 13.7. The Kier molecular flexibility index (Phi) is 6.15. The lowest BCUT2D eigenvalue weighted by atomic mass is 9.95. The molecule has 1 aromatic carbocycles. The summed E-state index contributed by atoms with van der Waals surface area (Å²) in [7, 11) is 1.93. The molecule has 2 aromatic heterocycles. The van der Waals surface area contributed by atoms with Gasteiger partial charge in [-0.25, -0.2) is 4.79 Å². The average Bonchev–Trinajstić information content (AvgIpc) is 3.28. The fourth-order valence-electron chi connectivity index (χ4n) is 4.11. The minimum Gasteiger partial charge on any atom is -0.459 e. The molecule has 1 amide bonds.